The first kappa shape index (κ1) is 13.6. The van der Waals surface area contributed by atoms with Crippen molar-refractivity contribution in [1.29, 1.82) is 0 Å². The molecule has 1 aromatic rings. The van der Waals surface area contributed by atoms with Crippen LogP contribution in [0, 0.1) is 3.57 Å². The number of piperidine rings is 1. The molecule has 1 amide bonds. The maximum absolute atomic E-state index is 12.2. The minimum absolute atomic E-state index is 0.105. The van der Waals surface area contributed by atoms with Crippen LogP contribution in [0.25, 0.3) is 0 Å². The lowest BCUT2D eigenvalue weighted by molar-refractivity contribution is -0.138. The summed E-state index contributed by atoms with van der Waals surface area (Å²) < 4.78 is 6.83. The normalized spacial score (nSPS) is 17.3. The summed E-state index contributed by atoms with van der Waals surface area (Å²) in [6.45, 7) is 3.58. The van der Waals surface area contributed by atoms with Gasteiger partial charge in [-0.2, -0.15) is 0 Å². The summed E-state index contributed by atoms with van der Waals surface area (Å²) in [5.74, 6) is 0.869. The number of halogens is 1. The van der Waals surface area contributed by atoms with E-state index in [-0.39, 0.29) is 5.91 Å². The lowest BCUT2D eigenvalue weighted by atomic mass is 10.1. The van der Waals surface area contributed by atoms with E-state index in [1.54, 1.807) is 0 Å². The van der Waals surface area contributed by atoms with E-state index in [9.17, 15) is 4.79 Å². The standard InChI is InChI=1S/C14H18INO2/c1-11(14(17)16-8-3-2-4-9-16)18-13-7-5-6-12(15)10-13/h5-7,10-11H,2-4,8-9H2,1H3. The van der Waals surface area contributed by atoms with Gasteiger partial charge in [0.1, 0.15) is 5.75 Å². The van der Waals surface area contributed by atoms with Gasteiger partial charge in [-0.15, -0.1) is 0 Å². The van der Waals surface area contributed by atoms with Crippen LogP contribution in [0.3, 0.4) is 0 Å². The van der Waals surface area contributed by atoms with Crippen molar-refractivity contribution < 1.29 is 9.53 Å². The second-order valence-electron chi connectivity index (χ2n) is 4.60. The zero-order valence-electron chi connectivity index (χ0n) is 10.6. The number of carbonyl (C=O) groups is 1. The van der Waals surface area contributed by atoms with Gasteiger partial charge in [0.15, 0.2) is 6.10 Å². The predicted octanol–water partition coefficient (Wildman–Crippen LogP) is 3.07. The molecule has 1 saturated heterocycles. The Morgan fingerprint density at radius 3 is 2.72 bits per heavy atom. The van der Waals surface area contributed by atoms with Gasteiger partial charge in [-0.05, 0) is 67.0 Å². The Hall–Kier alpha value is -0.780. The Balaban J connectivity index is 1.94. The number of rotatable bonds is 3. The van der Waals surface area contributed by atoms with Crippen LogP contribution in [0.5, 0.6) is 5.75 Å². The highest BCUT2D eigenvalue weighted by atomic mass is 127. The molecule has 0 bridgehead atoms. The average Bonchev–Trinajstić information content (AvgIpc) is 2.39. The first-order valence-electron chi connectivity index (χ1n) is 6.38. The van der Waals surface area contributed by atoms with Crippen LogP contribution in [0.2, 0.25) is 0 Å². The van der Waals surface area contributed by atoms with E-state index < -0.39 is 6.10 Å². The molecule has 1 aliphatic heterocycles. The smallest absolute Gasteiger partial charge is 0.263 e. The molecule has 3 nitrogen and oxygen atoms in total. The SMILES string of the molecule is CC(Oc1cccc(I)c1)C(=O)N1CCCCC1. The third-order valence-electron chi connectivity index (χ3n) is 3.12. The fourth-order valence-electron chi connectivity index (χ4n) is 2.17. The molecule has 1 aromatic carbocycles. The van der Waals surface area contributed by atoms with Gasteiger partial charge >= 0.3 is 0 Å². The minimum atomic E-state index is -0.402. The highest BCUT2D eigenvalue weighted by Crippen LogP contribution is 2.18. The zero-order chi connectivity index (χ0) is 13.0. The Kier molecular flexibility index (Phi) is 4.86. The summed E-state index contributed by atoms with van der Waals surface area (Å²) >= 11 is 2.24. The molecule has 1 unspecified atom stereocenters. The fourth-order valence-corrected chi connectivity index (χ4v) is 2.68. The predicted molar refractivity (Wildman–Crippen MR) is 79.7 cm³/mol. The summed E-state index contributed by atoms with van der Waals surface area (Å²) in [5, 5.41) is 0. The van der Waals surface area contributed by atoms with Gasteiger partial charge in [0, 0.05) is 16.7 Å². The molecule has 18 heavy (non-hydrogen) atoms. The highest BCUT2D eigenvalue weighted by Gasteiger charge is 2.23. The van der Waals surface area contributed by atoms with E-state index >= 15 is 0 Å². The van der Waals surface area contributed by atoms with Crippen LogP contribution < -0.4 is 4.74 Å². The highest BCUT2D eigenvalue weighted by molar-refractivity contribution is 14.1. The molecule has 1 heterocycles. The summed E-state index contributed by atoms with van der Waals surface area (Å²) in [7, 11) is 0. The van der Waals surface area contributed by atoms with Gasteiger partial charge in [0.25, 0.3) is 5.91 Å². The summed E-state index contributed by atoms with van der Waals surface area (Å²) in [5.41, 5.74) is 0. The molecule has 0 spiro atoms. The largest absolute Gasteiger partial charge is 0.481 e. The Morgan fingerprint density at radius 1 is 1.33 bits per heavy atom. The number of nitrogens with zero attached hydrogens (tertiary/aromatic N) is 1. The van der Waals surface area contributed by atoms with E-state index in [4.69, 9.17) is 4.74 Å². The number of hydrogen-bond donors (Lipinski definition) is 0. The average molecular weight is 359 g/mol. The Bertz CT molecular complexity index is 416. The summed E-state index contributed by atoms with van der Waals surface area (Å²) in [4.78, 5) is 14.1. The summed E-state index contributed by atoms with van der Waals surface area (Å²) in [6.07, 6.45) is 3.06. The molecule has 4 heteroatoms. The molecule has 0 radical (unpaired) electrons. The molecule has 1 atom stereocenters. The molecule has 0 saturated carbocycles. The third-order valence-corrected chi connectivity index (χ3v) is 3.80. The van der Waals surface area contributed by atoms with E-state index in [2.05, 4.69) is 22.6 Å². The van der Waals surface area contributed by atoms with Gasteiger partial charge < -0.3 is 9.64 Å². The van der Waals surface area contributed by atoms with Crippen molar-refractivity contribution in [2.24, 2.45) is 0 Å². The molecular weight excluding hydrogens is 341 g/mol. The molecule has 1 fully saturated rings. The van der Waals surface area contributed by atoms with Crippen LogP contribution in [-0.4, -0.2) is 30.0 Å². The number of benzene rings is 1. The number of carbonyl (C=O) groups excluding carboxylic acids is 1. The van der Waals surface area contributed by atoms with Gasteiger partial charge in [-0.25, -0.2) is 0 Å². The van der Waals surface area contributed by atoms with Crippen molar-refractivity contribution in [3.8, 4) is 5.75 Å². The lowest BCUT2D eigenvalue weighted by Gasteiger charge is -2.29. The fraction of sp³-hybridized carbons (Fsp3) is 0.500. The van der Waals surface area contributed by atoms with Crippen molar-refractivity contribution in [3.05, 3.63) is 27.8 Å². The maximum atomic E-state index is 12.2. The van der Waals surface area contributed by atoms with Gasteiger partial charge in [-0.3, -0.25) is 4.79 Å². The molecule has 0 N–H and O–H groups in total. The third kappa shape index (κ3) is 3.60. The van der Waals surface area contributed by atoms with Crippen molar-refractivity contribution in [1.82, 2.24) is 4.90 Å². The number of ether oxygens (including phenoxy) is 1. The lowest BCUT2D eigenvalue weighted by Crippen LogP contribution is -2.43. The topological polar surface area (TPSA) is 29.5 Å². The molecule has 0 aromatic heterocycles. The van der Waals surface area contributed by atoms with E-state index in [0.717, 1.165) is 35.3 Å². The van der Waals surface area contributed by atoms with Crippen LogP contribution in [0.4, 0.5) is 0 Å². The molecule has 1 aliphatic rings. The zero-order valence-corrected chi connectivity index (χ0v) is 12.7. The van der Waals surface area contributed by atoms with E-state index in [1.165, 1.54) is 6.42 Å². The molecule has 98 valence electrons. The van der Waals surface area contributed by atoms with Crippen molar-refractivity contribution in [2.75, 3.05) is 13.1 Å². The monoisotopic (exact) mass is 359 g/mol. The van der Waals surface area contributed by atoms with Crippen molar-refractivity contribution >= 4 is 28.5 Å². The van der Waals surface area contributed by atoms with Crippen LogP contribution in [0.1, 0.15) is 26.2 Å². The molecular formula is C14H18INO2. The first-order chi connectivity index (χ1) is 8.66. The minimum Gasteiger partial charge on any atom is -0.481 e. The van der Waals surface area contributed by atoms with Gasteiger partial charge in [-0.1, -0.05) is 6.07 Å². The van der Waals surface area contributed by atoms with E-state index in [1.807, 2.05) is 36.1 Å². The molecule has 0 aliphatic carbocycles. The van der Waals surface area contributed by atoms with E-state index in [0.29, 0.717) is 0 Å². The van der Waals surface area contributed by atoms with Crippen molar-refractivity contribution in [2.45, 2.75) is 32.3 Å². The number of likely N-dealkylation sites (tertiary alicyclic amines) is 1. The van der Waals surface area contributed by atoms with Crippen LogP contribution >= 0.6 is 22.6 Å². The second kappa shape index (κ2) is 6.41. The summed E-state index contributed by atoms with van der Waals surface area (Å²) in [6, 6.07) is 7.78. The maximum Gasteiger partial charge on any atom is 0.263 e. The van der Waals surface area contributed by atoms with Crippen LogP contribution in [0.15, 0.2) is 24.3 Å². The number of amides is 1. The second-order valence-corrected chi connectivity index (χ2v) is 5.85. The quantitative estimate of drug-likeness (QED) is 0.777. The van der Waals surface area contributed by atoms with Crippen LogP contribution in [-0.2, 0) is 4.79 Å². The van der Waals surface area contributed by atoms with Gasteiger partial charge in [0.2, 0.25) is 0 Å². The first-order valence-corrected chi connectivity index (χ1v) is 7.46. The number of hydrogen-bond acceptors (Lipinski definition) is 2. The Labute approximate surface area is 122 Å². The van der Waals surface area contributed by atoms with Crippen molar-refractivity contribution in [3.63, 3.8) is 0 Å². The van der Waals surface area contributed by atoms with Gasteiger partial charge in [0.05, 0.1) is 0 Å². The molecule has 2 rings (SSSR count). The Morgan fingerprint density at radius 2 is 2.06 bits per heavy atom.